The van der Waals surface area contributed by atoms with Crippen molar-refractivity contribution in [3.8, 4) is 11.1 Å². The summed E-state index contributed by atoms with van der Waals surface area (Å²) in [6.07, 6.45) is 8.97. The Morgan fingerprint density at radius 3 is 2.60 bits per heavy atom. The van der Waals surface area contributed by atoms with Crippen LogP contribution in [0.15, 0.2) is 77.5 Å². The number of allylic oxidation sites excluding steroid dienone is 6. The second-order valence-corrected chi connectivity index (χ2v) is 23.0. The average molecular weight is 974 g/mol. The van der Waals surface area contributed by atoms with Crippen LogP contribution < -0.4 is 16.6 Å². The number of carbonyl (C=O) groups is 2. The van der Waals surface area contributed by atoms with Gasteiger partial charge in [0.05, 0.1) is 13.2 Å². The molecule has 0 spiro atoms. The SMILES string of the molecule is Cn1cc(-c2cccc(CI3CCC4=C(C=IC(C(C)(C)C)=C4)C3=O)c2CN)cc(NC2=CC=C(C(=O)N3CCOCC3)C=I2)c1=O. The molecule has 250 valence electrons. The van der Waals surface area contributed by atoms with Crippen LogP contribution in [0.2, 0.25) is 0 Å². The van der Waals surface area contributed by atoms with E-state index in [2.05, 4.69) is 54.4 Å². The van der Waals surface area contributed by atoms with E-state index in [-0.39, 0.29) is 37.6 Å². The van der Waals surface area contributed by atoms with Crippen molar-refractivity contribution >= 4 is 84.7 Å². The Balaban J connectivity index is 1.23. The Bertz CT molecular complexity index is 1870. The standard InChI is InChI=1S/C36H41I3N4O4/c1-36(2,3)31-17-23-10-11-39(33(44)28(23)19-37-31)20-25-6-5-7-27(29(25)21-40)26-16-30(35(46)42(4)22-26)41-32-9-8-24(18-38-32)34(45)43-12-14-47-15-13-43/h5-9,16-19,22,41H,10-15,20-21,40H2,1-4H3. The van der Waals surface area contributed by atoms with Gasteiger partial charge in [-0.2, -0.15) is 0 Å². The molecule has 0 atom stereocenters. The van der Waals surface area contributed by atoms with E-state index in [1.165, 1.54) is 9.15 Å². The van der Waals surface area contributed by atoms with Crippen molar-refractivity contribution in [2.75, 3.05) is 36.0 Å². The minimum atomic E-state index is -1.96. The van der Waals surface area contributed by atoms with Crippen molar-refractivity contribution in [2.24, 2.45) is 18.2 Å². The monoisotopic (exact) mass is 974 g/mol. The van der Waals surface area contributed by atoms with E-state index in [1.54, 1.807) is 11.6 Å². The van der Waals surface area contributed by atoms with E-state index in [0.29, 0.717) is 47.9 Å². The molecule has 4 aliphatic rings. The van der Waals surface area contributed by atoms with E-state index < -0.39 is 40.6 Å². The first kappa shape index (κ1) is 34.8. The third-order valence-electron chi connectivity index (χ3n) is 8.47. The topological polar surface area (TPSA) is 107 Å². The van der Waals surface area contributed by atoms with Crippen molar-refractivity contribution in [3.63, 3.8) is 0 Å². The predicted molar refractivity (Wildman–Crippen MR) is 219 cm³/mol. The molecule has 0 aliphatic carbocycles. The van der Waals surface area contributed by atoms with Crippen LogP contribution in [-0.2, 0) is 32.3 Å². The van der Waals surface area contributed by atoms with E-state index in [1.807, 2.05) is 33.3 Å². The van der Waals surface area contributed by atoms with E-state index in [0.717, 1.165) is 46.8 Å². The van der Waals surface area contributed by atoms with Crippen LogP contribution in [-0.4, -0.2) is 57.9 Å². The van der Waals surface area contributed by atoms with Gasteiger partial charge in [0.1, 0.15) is 0 Å². The number of hydrogen-bond donors (Lipinski definition) is 2. The number of ether oxygens (including phenoxy) is 1. The summed E-state index contributed by atoms with van der Waals surface area (Å²) in [6.45, 7) is 9.52. The Morgan fingerprint density at radius 2 is 1.89 bits per heavy atom. The molecular weight excluding hydrogens is 933 g/mol. The predicted octanol–water partition coefficient (Wildman–Crippen LogP) is 6.29. The van der Waals surface area contributed by atoms with Crippen LogP contribution in [0.5, 0.6) is 0 Å². The summed E-state index contributed by atoms with van der Waals surface area (Å²) in [5, 5.41) is 3.38. The number of nitrogens with zero attached hydrogens (tertiary/aromatic N) is 2. The molecule has 1 saturated heterocycles. The third kappa shape index (κ3) is 7.73. The van der Waals surface area contributed by atoms with Crippen molar-refractivity contribution in [1.29, 1.82) is 0 Å². The van der Waals surface area contributed by atoms with Crippen LogP contribution in [0.3, 0.4) is 0 Å². The quantitative estimate of drug-likeness (QED) is 0.147. The van der Waals surface area contributed by atoms with Crippen LogP contribution in [0.25, 0.3) is 11.1 Å². The van der Waals surface area contributed by atoms with Gasteiger partial charge in [0.2, 0.25) is 0 Å². The zero-order valence-corrected chi connectivity index (χ0v) is 33.6. The molecule has 47 heavy (non-hydrogen) atoms. The summed E-state index contributed by atoms with van der Waals surface area (Å²) in [5.41, 5.74) is 14.0. The van der Waals surface area contributed by atoms with Gasteiger partial charge in [0, 0.05) is 13.1 Å². The number of anilines is 1. The molecule has 3 N–H and O–H groups in total. The molecular formula is C36H41I3N4O4. The van der Waals surface area contributed by atoms with Gasteiger partial charge in [-0.05, 0) is 0 Å². The molecule has 1 aromatic heterocycles. The van der Waals surface area contributed by atoms with Crippen LogP contribution in [0.1, 0.15) is 38.3 Å². The molecule has 8 nitrogen and oxygen atoms in total. The zero-order valence-electron chi connectivity index (χ0n) is 27.2. The zero-order chi connectivity index (χ0) is 33.3. The van der Waals surface area contributed by atoms with Crippen LogP contribution in [0, 0.1) is 5.41 Å². The van der Waals surface area contributed by atoms with Crippen molar-refractivity contribution in [1.82, 2.24) is 9.47 Å². The van der Waals surface area contributed by atoms with Crippen molar-refractivity contribution in [3.05, 3.63) is 94.2 Å². The Kier molecular flexibility index (Phi) is 11.0. The van der Waals surface area contributed by atoms with Gasteiger partial charge in [-0.1, -0.05) is 0 Å². The van der Waals surface area contributed by atoms with Gasteiger partial charge in [0.25, 0.3) is 5.91 Å². The molecule has 0 saturated carbocycles. The Morgan fingerprint density at radius 1 is 1.11 bits per heavy atom. The molecule has 0 unspecified atom stereocenters. The number of nitrogens with one attached hydrogen (secondary N) is 1. The summed E-state index contributed by atoms with van der Waals surface area (Å²) in [7, 11) is 1.76. The van der Waals surface area contributed by atoms with E-state index >= 15 is 0 Å². The molecule has 6 rings (SSSR count). The summed E-state index contributed by atoms with van der Waals surface area (Å²) < 4.78 is 16.0. The molecule has 11 heteroatoms. The number of rotatable bonds is 7. The third-order valence-corrected chi connectivity index (χ3v) is 19.8. The van der Waals surface area contributed by atoms with Gasteiger partial charge >= 0.3 is 260 Å². The fourth-order valence-electron chi connectivity index (χ4n) is 5.79. The summed E-state index contributed by atoms with van der Waals surface area (Å²) in [4.78, 5) is 41.8. The second-order valence-electron chi connectivity index (χ2n) is 12.8. The number of benzene rings is 1. The Hall–Kier alpha value is -2.08. The maximum absolute atomic E-state index is 13.8. The van der Waals surface area contributed by atoms with Gasteiger partial charge in [-0.15, -0.1) is 0 Å². The number of aromatic nitrogens is 1. The summed E-state index contributed by atoms with van der Waals surface area (Å²) >= 11 is -2.85. The van der Waals surface area contributed by atoms with Gasteiger partial charge in [-0.3, -0.25) is 4.79 Å². The first-order valence-electron chi connectivity index (χ1n) is 15.7. The van der Waals surface area contributed by atoms with E-state index in [9.17, 15) is 14.4 Å². The van der Waals surface area contributed by atoms with Crippen molar-refractivity contribution < 1.29 is 14.3 Å². The molecule has 4 aliphatic heterocycles. The number of halogens is 3. The van der Waals surface area contributed by atoms with Gasteiger partial charge < -0.3 is 9.64 Å². The normalized spacial score (nSPS) is 19.3. The maximum atomic E-state index is 13.8. The molecule has 1 fully saturated rings. The van der Waals surface area contributed by atoms with Gasteiger partial charge in [-0.25, -0.2) is 0 Å². The van der Waals surface area contributed by atoms with E-state index in [4.69, 9.17) is 10.5 Å². The Labute approximate surface area is 303 Å². The first-order chi connectivity index (χ1) is 22.5. The molecule has 1 aromatic carbocycles. The van der Waals surface area contributed by atoms with Crippen LogP contribution >= 0.6 is 61.3 Å². The molecule has 0 radical (unpaired) electrons. The van der Waals surface area contributed by atoms with Crippen LogP contribution in [0.4, 0.5) is 5.69 Å². The molecule has 5 heterocycles. The summed E-state index contributed by atoms with van der Waals surface area (Å²) in [6, 6.07) is 8.15. The minimum absolute atomic E-state index is 0.0378. The number of amides is 1. The number of carbonyl (C=O) groups excluding carboxylic acids is 2. The number of alkyl halides is 2. The molecule has 2 aromatic rings. The number of hydrogen-bond acceptors (Lipinski definition) is 6. The van der Waals surface area contributed by atoms with Gasteiger partial charge in [0.15, 0.2) is 0 Å². The number of nitrogens with two attached hydrogens (primary N) is 1. The number of pyridine rings is 1. The number of morpholine rings is 1. The number of aryl methyl sites for hydroxylation is 1. The average Bonchev–Trinajstić information content (AvgIpc) is 3.07. The van der Waals surface area contributed by atoms with Crippen molar-refractivity contribution in [2.45, 2.75) is 38.2 Å². The molecule has 0 bridgehead atoms. The molecule has 1 amide bonds. The summed E-state index contributed by atoms with van der Waals surface area (Å²) in [5.74, 6) is 0.0378. The second kappa shape index (κ2) is 14.8. The first-order valence-corrected chi connectivity index (χ1v) is 24.4. The fourth-order valence-corrected chi connectivity index (χ4v) is 16.7. The fraction of sp³-hybridized carbons (Fsp3) is 0.361.